The van der Waals surface area contributed by atoms with Gasteiger partial charge in [-0.3, -0.25) is 9.69 Å². The van der Waals surface area contributed by atoms with E-state index in [0.29, 0.717) is 11.7 Å². The van der Waals surface area contributed by atoms with Crippen LogP contribution in [0.1, 0.15) is 34.6 Å². The third-order valence-corrected chi connectivity index (χ3v) is 2.47. The summed E-state index contributed by atoms with van der Waals surface area (Å²) in [4.78, 5) is 14.0. The maximum absolute atomic E-state index is 11.8. The maximum Gasteiger partial charge on any atom is 0.152 e. The van der Waals surface area contributed by atoms with E-state index >= 15 is 0 Å². The predicted molar refractivity (Wildman–Crippen MR) is 56.8 cm³/mol. The highest BCUT2D eigenvalue weighted by atomic mass is 16.1. The van der Waals surface area contributed by atoms with Gasteiger partial charge in [0.15, 0.2) is 5.78 Å². The quantitative estimate of drug-likeness (QED) is 0.654. The lowest BCUT2D eigenvalue weighted by molar-refractivity contribution is -0.128. The van der Waals surface area contributed by atoms with Gasteiger partial charge < -0.3 is 0 Å². The van der Waals surface area contributed by atoms with Crippen molar-refractivity contribution in [3.8, 4) is 0 Å². The smallest absolute Gasteiger partial charge is 0.152 e. The maximum atomic E-state index is 11.8. The molecule has 13 heavy (non-hydrogen) atoms. The molecule has 0 fully saturated rings. The second-order valence-electron chi connectivity index (χ2n) is 4.32. The first-order valence-corrected chi connectivity index (χ1v) is 5.15. The summed E-state index contributed by atoms with van der Waals surface area (Å²) >= 11 is 0. The Labute approximate surface area is 82.3 Å². The molecule has 0 N–H and O–H groups in total. The predicted octanol–water partition coefficient (Wildman–Crippen LogP) is 2.19. The van der Waals surface area contributed by atoms with Crippen LogP contribution in [0.3, 0.4) is 0 Å². The van der Waals surface area contributed by atoms with Gasteiger partial charge in [-0.25, -0.2) is 0 Å². The molecule has 0 aliphatic rings. The zero-order chi connectivity index (χ0) is 10.6. The molecular formula is C11H23NO. The van der Waals surface area contributed by atoms with Gasteiger partial charge in [0.25, 0.3) is 0 Å². The van der Waals surface area contributed by atoms with Crippen LogP contribution < -0.4 is 0 Å². The third kappa shape index (κ3) is 3.47. The lowest BCUT2D eigenvalue weighted by Gasteiger charge is -2.30. The average molecular weight is 185 g/mol. The van der Waals surface area contributed by atoms with Crippen molar-refractivity contribution in [2.45, 2.75) is 40.7 Å². The molecule has 0 bridgehead atoms. The first-order valence-electron chi connectivity index (χ1n) is 5.15. The number of rotatable bonds is 5. The van der Waals surface area contributed by atoms with Crippen LogP contribution in [0.2, 0.25) is 0 Å². The number of ketones is 1. The Hall–Kier alpha value is -0.370. The highest BCUT2D eigenvalue weighted by Gasteiger charge is 2.26. The van der Waals surface area contributed by atoms with E-state index in [9.17, 15) is 4.79 Å². The molecule has 0 saturated heterocycles. The molecule has 0 aliphatic carbocycles. The molecule has 78 valence electrons. The Balaban J connectivity index is 4.51. The van der Waals surface area contributed by atoms with Gasteiger partial charge in [-0.1, -0.05) is 34.6 Å². The van der Waals surface area contributed by atoms with Crippen LogP contribution in [0.5, 0.6) is 0 Å². The minimum Gasteiger partial charge on any atom is -0.298 e. The van der Waals surface area contributed by atoms with Crippen LogP contribution in [0.25, 0.3) is 0 Å². The van der Waals surface area contributed by atoms with Crippen LogP contribution >= 0.6 is 0 Å². The lowest BCUT2D eigenvalue weighted by atomic mass is 9.92. The minimum absolute atomic E-state index is 0.0880. The number of likely N-dealkylation sites (N-methyl/N-ethyl adjacent to an activating group) is 1. The number of hydrogen-bond acceptors (Lipinski definition) is 2. The first kappa shape index (κ1) is 12.6. The van der Waals surface area contributed by atoms with Gasteiger partial charge in [0, 0.05) is 5.92 Å². The standard InChI is InChI=1S/C11H23NO/c1-7-12(6)10(8(2)3)11(13)9(4)5/h8-10H,7H2,1-6H3. The van der Waals surface area contributed by atoms with Crippen molar-refractivity contribution >= 4 is 5.78 Å². The van der Waals surface area contributed by atoms with E-state index in [-0.39, 0.29) is 12.0 Å². The fraction of sp³-hybridized carbons (Fsp3) is 0.909. The summed E-state index contributed by atoms with van der Waals surface area (Å²) in [5.41, 5.74) is 0. The van der Waals surface area contributed by atoms with E-state index < -0.39 is 0 Å². The molecule has 0 aromatic carbocycles. The molecule has 0 radical (unpaired) electrons. The van der Waals surface area contributed by atoms with E-state index in [1.807, 2.05) is 20.9 Å². The van der Waals surface area contributed by atoms with Gasteiger partial charge in [0.05, 0.1) is 6.04 Å². The number of carbonyl (C=O) groups is 1. The van der Waals surface area contributed by atoms with Gasteiger partial charge in [-0.05, 0) is 19.5 Å². The van der Waals surface area contributed by atoms with Crippen molar-refractivity contribution in [2.24, 2.45) is 11.8 Å². The SMILES string of the molecule is CCN(C)C(C(=O)C(C)C)C(C)C. The molecule has 0 saturated carbocycles. The van der Waals surface area contributed by atoms with Crippen LogP contribution in [0, 0.1) is 11.8 Å². The molecule has 2 heteroatoms. The fourth-order valence-corrected chi connectivity index (χ4v) is 1.59. The first-order chi connectivity index (χ1) is 5.91. The van der Waals surface area contributed by atoms with E-state index in [2.05, 4.69) is 25.7 Å². The third-order valence-electron chi connectivity index (χ3n) is 2.47. The lowest BCUT2D eigenvalue weighted by Crippen LogP contribution is -2.44. The number of carbonyl (C=O) groups excluding carboxylic acids is 1. The second kappa shape index (κ2) is 5.38. The largest absolute Gasteiger partial charge is 0.298 e. The summed E-state index contributed by atoms with van der Waals surface area (Å²) in [7, 11) is 2.02. The summed E-state index contributed by atoms with van der Waals surface area (Å²) in [6, 6.07) is 0.0880. The number of nitrogens with zero attached hydrogens (tertiary/aromatic N) is 1. The highest BCUT2D eigenvalue weighted by Crippen LogP contribution is 2.14. The van der Waals surface area contributed by atoms with Crippen molar-refractivity contribution in [3.05, 3.63) is 0 Å². The average Bonchev–Trinajstić information content (AvgIpc) is 2.03. The van der Waals surface area contributed by atoms with E-state index in [1.165, 1.54) is 0 Å². The van der Waals surface area contributed by atoms with Crippen molar-refractivity contribution in [1.29, 1.82) is 0 Å². The van der Waals surface area contributed by atoms with Gasteiger partial charge in [-0.15, -0.1) is 0 Å². The highest BCUT2D eigenvalue weighted by molar-refractivity contribution is 5.85. The normalized spacial score (nSPS) is 14.2. The number of Topliss-reactive ketones (excluding diaryl/α,β-unsaturated/α-hetero) is 1. The summed E-state index contributed by atoms with van der Waals surface area (Å²) in [6.07, 6.45) is 0. The summed E-state index contributed by atoms with van der Waals surface area (Å²) in [5, 5.41) is 0. The molecule has 1 atom stereocenters. The van der Waals surface area contributed by atoms with Crippen LogP contribution in [0.4, 0.5) is 0 Å². The van der Waals surface area contributed by atoms with Crippen LogP contribution in [-0.2, 0) is 4.79 Å². The zero-order valence-corrected chi connectivity index (χ0v) is 9.79. The van der Waals surface area contributed by atoms with Crippen molar-refractivity contribution < 1.29 is 4.79 Å². The Morgan fingerprint density at radius 3 is 1.92 bits per heavy atom. The van der Waals surface area contributed by atoms with Gasteiger partial charge >= 0.3 is 0 Å². The molecular weight excluding hydrogens is 162 g/mol. The Kier molecular flexibility index (Phi) is 5.23. The molecule has 0 rings (SSSR count). The summed E-state index contributed by atoms with van der Waals surface area (Å²) in [6.45, 7) is 11.2. The topological polar surface area (TPSA) is 20.3 Å². The molecule has 0 aliphatic heterocycles. The monoisotopic (exact) mass is 185 g/mol. The van der Waals surface area contributed by atoms with E-state index in [1.54, 1.807) is 0 Å². The van der Waals surface area contributed by atoms with Gasteiger partial charge in [-0.2, -0.15) is 0 Å². The molecule has 0 amide bonds. The molecule has 1 unspecified atom stereocenters. The Morgan fingerprint density at radius 1 is 1.23 bits per heavy atom. The fourth-order valence-electron chi connectivity index (χ4n) is 1.59. The molecule has 2 nitrogen and oxygen atoms in total. The molecule has 0 heterocycles. The zero-order valence-electron chi connectivity index (χ0n) is 9.79. The van der Waals surface area contributed by atoms with Crippen molar-refractivity contribution in [1.82, 2.24) is 4.90 Å². The second-order valence-corrected chi connectivity index (χ2v) is 4.32. The molecule has 0 spiro atoms. The van der Waals surface area contributed by atoms with Crippen LogP contribution in [-0.4, -0.2) is 30.3 Å². The van der Waals surface area contributed by atoms with E-state index in [4.69, 9.17) is 0 Å². The van der Waals surface area contributed by atoms with E-state index in [0.717, 1.165) is 6.54 Å². The minimum atomic E-state index is 0.0880. The van der Waals surface area contributed by atoms with Crippen molar-refractivity contribution in [2.75, 3.05) is 13.6 Å². The molecule has 0 aromatic rings. The van der Waals surface area contributed by atoms with Crippen LogP contribution in [0.15, 0.2) is 0 Å². The summed E-state index contributed by atoms with van der Waals surface area (Å²) < 4.78 is 0. The van der Waals surface area contributed by atoms with Crippen molar-refractivity contribution in [3.63, 3.8) is 0 Å². The van der Waals surface area contributed by atoms with Gasteiger partial charge in [0.2, 0.25) is 0 Å². The van der Waals surface area contributed by atoms with Gasteiger partial charge in [0.1, 0.15) is 0 Å². The summed E-state index contributed by atoms with van der Waals surface area (Å²) in [5.74, 6) is 0.903. The Bertz CT molecular complexity index is 163. The Morgan fingerprint density at radius 2 is 1.69 bits per heavy atom. The molecule has 0 aromatic heterocycles. The number of hydrogen-bond donors (Lipinski definition) is 0.